The summed E-state index contributed by atoms with van der Waals surface area (Å²) in [7, 11) is 0. The summed E-state index contributed by atoms with van der Waals surface area (Å²) in [6, 6.07) is 0. The molecule has 0 bridgehead atoms. The monoisotopic (exact) mass is 331 g/mol. The number of aromatic nitrogens is 3. The summed E-state index contributed by atoms with van der Waals surface area (Å²) < 4.78 is 7.57. The van der Waals surface area contributed by atoms with Gasteiger partial charge in [0, 0.05) is 25.8 Å². The maximum absolute atomic E-state index is 12.2. The maximum Gasteiger partial charge on any atom is 0.410 e. The molecule has 24 heavy (non-hydrogen) atoms. The molecule has 0 saturated carbocycles. The van der Waals surface area contributed by atoms with Crippen LogP contribution in [0.25, 0.3) is 11.0 Å². The first-order chi connectivity index (χ1) is 11.2. The van der Waals surface area contributed by atoms with Crippen molar-refractivity contribution in [2.75, 3.05) is 18.8 Å². The molecule has 130 valence electrons. The summed E-state index contributed by atoms with van der Waals surface area (Å²) >= 11 is 0. The third-order valence-electron chi connectivity index (χ3n) is 4.26. The molecule has 1 atom stereocenters. The van der Waals surface area contributed by atoms with Crippen LogP contribution in [0.5, 0.6) is 0 Å². The van der Waals surface area contributed by atoms with Crippen LogP contribution < -0.4 is 5.73 Å². The van der Waals surface area contributed by atoms with E-state index < -0.39 is 5.60 Å². The minimum atomic E-state index is -0.461. The lowest BCUT2D eigenvalue weighted by Gasteiger charge is -2.24. The van der Waals surface area contributed by atoms with Crippen molar-refractivity contribution in [3.05, 3.63) is 18.1 Å². The highest BCUT2D eigenvalue weighted by Gasteiger charge is 2.30. The normalized spacial score (nSPS) is 18.3. The SMILES string of the molecule is Cc1cn(CC2CCN(C(=O)OC(C)(C)C)C2)c2ncnc(N)c12. The first-order valence-corrected chi connectivity index (χ1v) is 8.28. The van der Waals surface area contributed by atoms with Gasteiger partial charge in [-0.05, 0) is 45.6 Å². The number of nitrogen functional groups attached to an aromatic ring is 1. The van der Waals surface area contributed by atoms with E-state index in [1.54, 1.807) is 4.90 Å². The molecule has 2 N–H and O–H groups in total. The van der Waals surface area contributed by atoms with Crippen LogP contribution >= 0.6 is 0 Å². The Kier molecular flexibility index (Phi) is 4.11. The lowest BCUT2D eigenvalue weighted by molar-refractivity contribution is 0.0287. The number of nitrogens with zero attached hydrogens (tertiary/aromatic N) is 4. The molecule has 0 radical (unpaired) electrons. The third kappa shape index (κ3) is 3.29. The lowest BCUT2D eigenvalue weighted by Crippen LogP contribution is -2.35. The van der Waals surface area contributed by atoms with Crippen LogP contribution in [0, 0.1) is 12.8 Å². The van der Waals surface area contributed by atoms with Crippen LogP contribution in [-0.4, -0.2) is 44.2 Å². The van der Waals surface area contributed by atoms with Gasteiger partial charge >= 0.3 is 6.09 Å². The third-order valence-corrected chi connectivity index (χ3v) is 4.26. The van der Waals surface area contributed by atoms with E-state index in [1.807, 2.05) is 27.7 Å². The average molecular weight is 331 g/mol. The van der Waals surface area contributed by atoms with E-state index in [2.05, 4.69) is 20.7 Å². The number of rotatable bonds is 2. The molecule has 2 aromatic rings. The van der Waals surface area contributed by atoms with Gasteiger partial charge in [0.25, 0.3) is 0 Å². The number of anilines is 1. The highest BCUT2D eigenvalue weighted by molar-refractivity contribution is 5.89. The second-order valence-corrected chi connectivity index (χ2v) is 7.50. The van der Waals surface area contributed by atoms with Crippen molar-refractivity contribution >= 4 is 22.9 Å². The maximum atomic E-state index is 12.2. The number of hydrogen-bond acceptors (Lipinski definition) is 5. The van der Waals surface area contributed by atoms with E-state index in [4.69, 9.17) is 10.5 Å². The van der Waals surface area contributed by atoms with E-state index in [0.29, 0.717) is 18.3 Å². The summed E-state index contributed by atoms with van der Waals surface area (Å²) in [5, 5.41) is 0.916. The molecule has 0 aliphatic carbocycles. The van der Waals surface area contributed by atoms with Gasteiger partial charge < -0.3 is 19.9 Å². The van der Waals surface area contributed by atoms with Crippen molar-refractivity contribution in [2.45, 2.75) is 46.3 Å². The van der Waals surface area contributed by atoms with Crippen molar-refractivity contribution < 1.29 is 9.53 Å². The van der Waals surface area contributed by atoms with Crippen LogP contribution in [0.4, 0.5) is 10.6 Å². The van der Waals surface area contributed by atoms with Gasteiger partial charge in [-0.2, -0.15) is 0 Å². The molecule has 1 saturated heterocycles. The van der Waals surface area contributed by atoms with Crippen LogP contribution in [0.1, 0.15) is 32.8 Å². The van der Waals surface area contributed by atoms with E-state index >= 15 is 0 Å². The minimum absolute atomic E-state index is 0.231. The Labute approximate surface area is 141 Å². The number of fused-ring (bicyclic) bond motifs is 1. The summed E-state index contributed by atoms with van der Waals surface area (Å²) in [5.74, 6) is 0.891. The Bertz CT molecular complexity index is 762. The zero-order valence-electron chi connectivity index (χ0n) is 14.7. The molecule has 0 aromatic carbocycles. The van der Waals surface area contributed by atoms with Crippen molar-refractivity contribution in [3.63, 3.8) is 0 Å². The molecule has 1 amide bonds. The Morgan fingerprint density at radius 3 is 2.88 bits per heavy atom. The summed E-state index contributed by atoms with van der Waals surface area (Å²) in [6.45, 7) is 9.91. The van der Waals surface area contributed by atoms with E-state index in [1.165, 1.54) is 6.33 Å². The van der Waals surface area contributed by atoms with Crippen molar-refractivity contribution in [2.24, 2.45) is 5.92 Å². The molecule has 1 fully saturated rings. The smallest absolute Gasteiger partial charge is 0.410 e. The molecule has 3 heterocycles. The van der Waals surface area contributed by atoms with Crippen LogP contribution in [0.3, 0.4) is 0 Å². The van der Waals surface area contributed by atoms with Crippen LogP contribution in [0.2, 0.25) is 0 Å². The lowest BCUT2D eigenvalue weighted by atomic mass is 10.1. The minimum Gasteiger partial charge on any atom is -0.444 e. The number of aryl methyl sites for hydroxylation is 1. The fraction of sp³-hybridized carbons (Fsp3) is 0.588. The molecule has 0 spiro atoms. The van der Waals surface area contributed by atoms with E-state index in [0.717, 1.165) is 36.1 Å². The molecule has 7 heteroatoms. The first-order valence-electron chi connectivity index (χ1n) is 8.28. The quantitative estimate of drug-likeness (QED) is 0.914. The standard InChI is InChI=1S/C17H25N5O2/c1-11-7-22(15-13(11)14(18)19-10-20-15)9-12-5-6-21(8-12)16(23)24-17(2,3)4/h7,10,12H,5-6,8-9H2,1-4H3,(H2,18,19,20). The fourth-order valence-electron chi connectivity index (χ4n) is 3.24. The summed E-state index contributed by atoms with van der Waals surface area (Å²) in [4.78, 5) is 22.4. The predicted octanol–water partition coefficient (Wildman–Crippen LogP) is 2.58. The van der Waals surface area contributed by atoms with Gasteiger partial charge in [0.1, 0.15) is 23.4 Å². The number of carbonyl (C=O) groups is 1. The van der Waals surface area contributed by atoms with Gasteiger partial charge in [0.2, 0.25) is 0 Å². The number of nitrogens with two attached hydrogens (primary N) is 1. The second-order valence-electron chi connectivity index (χ2n) is 7.50. The van der Waals surface area contributed by atoms with Crippen molar-refractivity contribution in [3.8, 4) is 0 Å². The number of ether oxygens (including phenoxy) is 1. The molecular weight excluding hydrogens is 306 g/mol. The molecule has 2 aromatic heterocycles. The van der Waals surface area contributed by atoms with Gasteiger partial charge in [-0.3, -0.25) is 0 Å². The van der Waals surface area contributed by atoms with E-state index in [9.17, 15) is 4.79 Å². The molecule has 3 rings (SSSR count). The predicted molar refractivity (Wildman–Crippen MR) is 92.6 cm³/mol. The first kappa shape index (κ1) is 16.5. The van der Waals surface area contributed by atoms with Gasteiger partial charge in [-0.25, -0.2) is 14.8 Å². The number of carbonyl (C=O) groups excluding carboxylic acids is 1. The Morgan fingerprint density at radius 2 is 2.17 bits per heavy atom. The number of amides is 1. The van der Waals surface area contributed by atoms with Gasteiger partial charge in [-0.15, -0.1) is 0 Å². The van der Waals surface area contributed by atoms with E-state index in [-0.39, 0.29) is 6.09 Å². The average Bonchev–Trinajstić information content (AvgIpc) is 3.04. The fourth-order valence-corrected chi connectivity index (χ4v) is 3.24. The molecule has 1 aliphatic heterocycles. The highest BCUT2D eigenvalue weighted by atomic mass is 16.6. The molecular formula is C17H25N5O2. The van der Waals surface area contributed by atoms with Gasteiger partial charge in [-0.1, -0.05) is 0 Å². The summed E-state index contributed by atoms with van der Waals surface area (Å²) in [5.41, 5.74) is 7.44. The Balaban J connectivity index is 1.70. The van der Waals surface area contributed by atoms with Crippen LogP contribution in [-0.2, 0) is 11.3 Å². The van der Waals surface area contributed by atoms with Crippen LogP contribution in [0.15, 0.2) is 12.5 Å². The van der Waals surface area contributed by atoms with Gasteiger partial charge in [0.05, 0.1) is 5.39 Å². The number of likely N-dealkylation sites (tertiary alicyclic amines) is 1. The van der Waals surface area contributed by atoms with Crippen molar-refractivity contribution in [1.82, 2.24) is 19.4 Å². The Hall–Kier alpha value is -2.31. The molecule has 7 nitrogen and oxygen atoms in total. The Morgan fingerprint density at radius 1 is 1.42 bits per heavy atom. The second kappa shape index (κ2) is 5.96. The number of hydrogen-bond donors (Lipinski definition) is 1. The van der Waals surface area contributed by atoms with Gasteiger partial charge in [0.15, 0.2) is 0 Å². The zero-order valence-corrected chi connectivity index (χ0v) is 14.7. The highest BCUT2D eigenvalue weighted by Crippen LogP contribution is 2.26. The molecule has 1 unspecified atom stereocenters. The molecule has 1 aliphatic rings. The zero-order chi connectivity index (χ0) is 17.5. The summed E-state index contributed by atoms with van der Waals surface area (Å²) in [6.07, 6.45) is 4.28. The largest absolute Gasteiger partial charge is 0.444 e. The van der Waals surface area contributed by atoms with Crippen molar-refractivity contribution in [1.29, 1.82) is 0 Å². The topological polar surface area (TPSA) is 86.3 Å².